The molecule has 1 unspecified atom stereocenters. The minimum atomic E-state index is -3.71. The Labute approximate surface area is 227 Å². The molecule has 198 valence electrons. The van der Waals surface area contributed by atoms with Gasteiger partial charge in [-0.2, -0.15) is 0 Å². The van der Waals surface area contributed by atoms with Crippen LogP contribution in [0.4, 0.5) is 0 Å². The Balaban J connectivity index is 1.28. The largest absolute Gasteiger partial charge is 0.457 e. The first kappa shape index (κ1) is 26.1. The fourth-order valence-electron chi connectivity index (χ4n) is 4.45. The maximum absolute atomic E-state index is 13.4. The summed E-state index contributed by atoms with van der Waals surface area (Å²) in [7, 11) is -3.71. The van der Waals surface area contributed by atoms with Crippen LogP contribution in [0.2, 0.25) is 0 Å². The van der Waals surface area contributed by atoms with Crippen LogP contribution in [0.1, 0.15) is 38.7 Å². The van der Waals surface area contributed by atoms with Gasteiger partial charge in [0.2, 0.25) is 15.9 Å². The standard InChI is InChI=1S/C30H27N3O5S/c34-29-20-28(39(36,37)32-29)24-10-6-23(7-11-24)21-33(30(35)25-14-17-31-18-15-25)19-16-22-8-12-27(13-9-22)38-26-4-2-1-3-5-26/h1-15,17-18,28H,16,19-21H2,(H,32,34). The van der Waals surface area contributed by atoms with Crippen molar-refractivity contribution < 1.29 is 22.7 Å². The number of nitrogens with one attached hydrogen (secondary N) is 1. The zero-order valence-corrected chi connectivity index (χ0v) is 21.9. The van der Waals surface area contributed by atoms with E-state index in [9.17, 15) is 18.0 Å². The van der Waals surface area contributed by atoms with Crippen molar-refractivity contribution in [1.82, 2.24) is 14.6 Å². The Morgan fingerprint density at radius 1 is 0.872 bits per heavy atom. The number of benzene rings is 3. The predicted octanol–water partition coefficient (Wildman–Crippen LogP) is 4.65. The summed E-state index contributed by atoms with van der Waals surface area (Å²) in [6, 6.07) is 27.7. The highest BCUT2D eigenvalue weighted by Gasteiger charge is 2.37. The molecule has 0 bridgehead atoms. The van der Waals surface area contributed by atoms with Crippen LogP contribution in [0.25, 0.3) is 0 Å². The number of nitrogens with zero attached hydrogens (tertiary/aromatic N) is 2. The number of para-hydroxylation sites is 1. The van der Waals surface area contributed by atoms with E-state index in [1.807, 2.05) is 59.3 Å². The highest BCUT2D eigenvalue weighted by Crippen LogP contribution is 2.30. The van der Waals surface area contributed by atoms with E-state index < -0.39 is 21.2 Å². The summed E-state index contributed by atoms with van der Waals surface area (Å²) in [4.78, 5) is 30.8. The number of sulfonamides is 1. The molecule has 1 aliphatic rings. The van der Waals surface area contributed by atoms with Gasteiger partial charge in [-0.15, -0.1) is 0 Å². The van der Waals surface area contributed by atoms with Crippen molar-refractivity contribution in [3.8, 4) is 11.5 Å². The van der Waals surface area contributed by atoms with E-state index in [0.29, 0.717) is 30.6 Å². The quantitative estimate of drug-likeness (QED) is 0.331. The zero-order chi connectivity index (χ0) is 27.2. The molecule has 0 spiro atoms. The summed E-state index contributed by atoms with van der Waals surface area (Å²) in [5.74, 6) is 0.867. The number of rotatable bonds is 9. The summed E-state index contributed by atoms with van der Waals surface area (Å²) in [5.41, 5.74) is 2.99. The Morgan fingerprint density at radius 2 is 1.51 bits per heavy atom. The molecule has 1 aromatic heterocycles. The fourth-order valence-corrected chi connectivity index (χ4v) is 5.88. The van der Waals surface area contributed by atoms with Gasteiger partial charge in [0.15, 0.2) is 0 Å². The molecule has 2 heterocycles. The maximum Gasteiger partial charge on any atom is 0.254 e. The molecule has 1 aliphatic heterocycles. The fraction of sp³-hybridized carbons (Fsp3) is 0.167. The van der Waals surface area contributed by atoms with Crippen LogP contribution < -0.4 is 9.46 Å². The van der Waals surface area contributed by atoms with Crippen molar-refractivity contribution in [2.24, 2.45) is 0 Å². The smallest absolute Gasteiger partial charge is 0.254 e. The zero-order valence-electron chi connectivity index (χ0n) is 21.1. The number of amides is 2. The van der Waals surface area contributed by atoms with E-state index in [1.54, 1.807) is 53.7 Å². The lowest BCUT2D eigenvalue weighted by molar-refractivity contribution is -0.118. The molecule has 0 aliphatic carbocycles. The molecule has 0 radical (unpaired) electrons. The number of hydrogen-bond acceptors (Lipinski definition) is 6. The van der Waals surface area contributed by atoms with Gasteiger partial charge >= 0.3 is 0 Å². The second-order valence-electron chi connectivity index (χ2n) is 9.28. The summed E-state index contributed by atoms with van der Waals surface area (Å²) in [6.07, 6.45) is 3.71. The van der Waals surface area contributed by atoms with Gasteiger partial charge in [-0.3, -0.25) is 19.3 Å². The minimum Gasteiger partial charge on any atom is -0.457 e. The van der Waals surface area contributed by atoms with Crippen molar-refractivity contribution in [1.29, 1.82) is 0 Å². The average molecular weight is 542 g/mol. The van der Waals surface area contributed by atoms with E-state index in [0.717, 1.165) is 22.6 Å². The van der Waals surface area contributed by atoms with Gasteiger partial charge in [-0.05, 0) is 59.5 Å². The third-order valence-electron chi connectivity index (χ3n) is 6.51. The van der Waals surface area contributed by atoms with Crippen molar-refractivity contribution in [3.63, 3.8) is 0 Å². The number of pyridine rings is 1. The molecule has 9 heteroatoms. The molecule has 3 aromatic carbocycles. The number of hydrogen-bond donors (Lipinski definition) is 1. The summed E-state index contributed by atoms with van der Waals surface area (Å²) < 4.78 is 32.3. The van der Waals surface area contributed by atoms with Crippen molar-refractivity contribution in [2.45, 2.75) is 24.6 Å². The van der Waals surface area contributed by atoms with Gasteiger partial charge in [0.1, 0.15) is 16.7 Å². The lowest BCUT2D eigenvalue weighted by Gasteiger charge is -2.23. The van der Waals surface area contributed by atoms with Gasteiger partial charge in [0.05, 0.1) is 6.42 Å². The number of carbonyl (C=O) groups excluding carboxylic acids is 2. The van der Waals surface area contributed by atoms with E-state index in [4.69, 9.17) is 4.74 Å². The van der Waals surface area contributed by atoms with Crippen LogP contribution >= 0.6 is 0 Å². The van der Waals surface area contributed by atoms with Gasteiger partial charge < -0.3 is 9.64 Å². The third kappa shape index (κ3) is 6.50. The van der Waals surface area contributed by atoms with Crippen molar-refractivity contribution in [2.75, 3.05) is 6.54 Å². The molecule has 1 saturated heterocycles. The lowest BCUT2D eigenvalue weighted by Crippen LogP contribution is -2.32. The van der Waals surface area contributed by atoms with Gasteiger partial charge in [0.25, 0.3) is 5.91 Å². The molecule has 1 fully saturated rings. The molecule has 39 heavy (non-hydrogen) atoms. The van der Waals surface area contributed by atoms with E-state index in [-0.39, 0.29) is 12.3 Å². The van der Waals surface area contributed by atoms with Gasteiger partial charge in [-0.25, -0.2) is 8.42 Å². The molecule has 4 aromatic rings. The first-order valence-corrected chi connectivity index (χ1v) is 14.1. The molecule has 1 N–H and O–H groups in total. The number of carbonyl (C=O) groups is 2. The van der Waals surface area contributed by atoms with Crippen LogP contribution in [-0.2, 0) is 27.8 Å². The normalized spacial score (nSPS) is 15.9. The minimum absolute atomic E-state index is 0.0937. The third-order valence-corrected chi connectivity index (χ3v) is 8.21. The van der Waals surface area contributed by atoms with Crippen LogP contribution in [0.3, 0.4) is 0 Å². The molecule has 8 nitrogen and oxygen atoms in total. The van der Waals surface area contributed by atoms with Crippen LogP contribution in [-0.4, -0.2) is 36.7 Å². The molecule has 2 amide bonds. The molecule has 5 rings (SSSR count). The Hall–Kier alpha value is -4.50. The number of ether oxygens (including phenoxy) is 1. The maximum atomic E-state index is 13.4. The molecule has 1 atom stereocenters. The Morgan fingerprint density at radius 3 is 2.15 bits per heavy atom. The monoisotopic (exact) mass is 541 g/mol. The lowest BCUT2D eigenvalue weighted by atomic mass is 10.1. The van der Waals surface area contributed by atoms with Gasteiger partial charge in [0, 0.05) is 31.0 Å². The van der Waals surface area contributed by atoms with E-state index in [2.05, 4.69) is 4.98 Å². The van der Waals surface area contributed by atoms with E-state index in [1.165, 1.54) is 0 Å². The first-order chi connectivity index (χ1) is 18.9. The van der Waals surface area contributed by atoms with Crippen LogP contribution in [0.5, 0.6) is 11.5 Å². The molecular weight excluding hydrogens is 514 g/mol. The first-order valence-electron chi connectivity index (χ1n) is 12.5. The topological polar surface area (TPSA) is 106 Å². The summed E-state index contributed by atoms with van der Waals surface area (Å²) in [6.45, 7) is 0.808. The van der Waals surface area contributed by atoms with Crippen molar-refractivity contribution in [3.05, 3.63) is 126 Å². The highest BCUT2D eigenvalue weighted by atomic mass is 32.2. The van der Waals surface area contributed by atoms with Crippen LogP contribution in [0, 0.1) is 0 Å². The van der Waals surface area contributed by atoms with E-state index >= 15 is 0 Å². The summed E-state index contributed by atoms with van der Waals surface area (Å²) >= 11 is 0. The Kier molecular flexibility index (Phi) is 7.69. The average Bonchev–Trinajstić information content (AvgIpc) is 3.24. The molecule has 0 saturated carbocycles. The second-order valence-corrected chi connectivity index (χ2v) is 11.1. The SMILES string of the molecule is O=C1CC(c2ccc(CN(CCc3ccc(Oc4ccccc4)cc3)C(=O)c3ccncc3)cc2)S(=O)(=O)N1. The number of aromatic nitrogens is 1. The Bertz CT molecular complexity index is 1540. The predicted molar refractivity (Wildman–Crippen MR) is 147 cm³/mol. The molecular formula is C30H27N3O5S. The summed E-state index contributed by atoms with van der Waals surface area (Å²) in [5, 5.41) is -0.901. The highest BCUT2D eigenvalue weighted by molar-refractivity contribution is 7.90. The van der Waals surface area contributed by atoms with Crippen molar-refractivity contribution >= 4 is 21.8 Å². The second kappa shape index (κ2) is 11.5. The van der Waals surface area contributed by atoms with Crippen LogP contribution in [0.15, 0.2) is 103 Å². The van der Waals surface area contributed by atoms with Gasteiger partial charge in [-0.1, -0.05) is 54.6 Å².